The lowest BCUT2D eigenvalue weighted by atomic mass is 10.1. The summed E-state index contributed by atoms with van der Waals surface area (Å²) in [5.74, 6) is 0.566. The van der Waals surface area contributed by atoms with Crippen LogP contribution in [0.5, 0.6) is 5.75 Å². The van der Waals surface area contributed by atoms with Gasteiger partial charge in [-0.25, -0.2) is 0 Å². The van der Waals surface area contributed by atoms with Crippen molar-refractivity contribution in [2.24, 2.45) is 0 Å². The maximum atomic E-state index is 12.8. The van der Waals surface area contributed by atoms with Crippen LogP contribution in [-0.4, -0.2) is 48.0 Å². The standard InChI is InChI=1S/C23H24N4O2/c1-18(29-22-9-7-20(16-25)8-10-22)23(28)27-12-2-11-26(13-14-27)17-21-5-3-19(15-24)4-6-21/h3-10,18H,2,11-14,17H2,1H3. The van der Waals surface area contributed by atoms with E-state index in [1.807, 2.05) is 29.2 Å². The normalized spacial score (nSPS) is 15.6. The SMILES string of the molecule is CC(Oc1ccc(C#N)cc1)C(=O)N1CCCN(Cc2ccc(C#N)cc2)CC1. The van der Waals surface area contributed by atoms with E-state index in [0.29, 0.717) is 30.0 Å². The van der Waals surface area contributed by atoms with Crippen molar-refractivity contribution in [3.63, 3.8) is 0 Å². The van der Waals surface area contributed by atoms with E-state index in [-0.39, 0.29) is 5.91 Å². The van der Waals surface area contributed by atoms with E-state index in [9.17, 15) is 4.79 Å². The molecule has 29 heavy (non-hydrogen) atoms. The molecule has 0 spiro atoms. The molecular formula is C23H24N4O2. The van der Waals surface area contributed by atoms with E-state index in [4.69, 9.17) is 15.3 Å². The number of amides is 1. The molecule has 1 heterocycles. The van der Waals surface area contributed by atoms with Crippen LogP contribution in [0.25, 0.3) is 0 Å². The van der Waals surface area contributed by atoms with Crippen molar-refractivity contribution < 1.29 is 9.53 Å². The number of rotatable bonds is 5. The van der Waals surface area contributed by atoms with Crippen LogP contribution in [0.2, 0.25) is 0 Å². The number of ether oxygens (including phenoxy) is 1. The molecule has 1 aliphatic heterocycles. The molecule has 0 aliphatic carbocycles. The minimum absolute atomic E-state index is 0.0189. The van der Waals surface area contributed by atoms with Crippen LogP contribution in [0.1, 0.15) is 30.0 Å². The first-order valence-corrected chi connectivity index (χ1v) is 9.76. The Bertz CT molecular complexity index is 910. The maximum Gasteiger partial charge on any atom is 0.263 e. The summed E-state index contributed by atoms with van der Waals surface area (Å²) in [6.45, 7) is 5.68. The van der Waals surface area contributed by atoms with Crippen LogP contribution < -0.4 is 4.74 Å². The molecule has 0 bridgehead atoms. The van der Waals surface area contributed by atoms with Gasteiger partial charge in [0.25, 0.3) is 5.91 Å². The lowest BCUT2D eigenvalue weighted by Crippen LogP contribution is -2.42. The first-order valence-electron chi connectivity index (χ1n) is 9.76. The van der Waals surface area contributed by atoms with Crippen LogP contribution in [0, 0.1) is 22.7 Å². The Labute approximate surface area is 171 Å². The minimum atomic E-state index is -0.576. The summed E-state index contributed by atoms with van der Waals surface area (Å²) < 4.78 is 5.77. The zero-order valence-electron chi connectivity index (χ0n) is 16.5. The monoisotopic (exact) mass is 388 g/mol. The van der Waals surface area contributed by atoms with Gasteiger partial charge in [0.2, 0.25) is 0 Å². The largest absolute Gasteiger partial charge is 0.481 e. The Morgan fingerprint density at radius 1 is 0.966 bits per heavy atom. The van der Waals surface area contributed by atoms with Crippen LogP contribution in [0.4, 0.5) is 0 Å². The first kappa shape index (κ1) is 20.4. The van der Waals surface area contributed by atoms with Crippen LogP contribution >= 0.6 is 0 Å². The molecule has 3 rings (SSSR count). The number of nitrogens with zero attached hydrogens (tertiary/aromatic N) is 4. The zero-order chi connectivity index (χ0) is 20.6. The van der Waals surface area contributed by atoms with Crippen molar-refractivity contribution in [3.05, 3.63) is 65.2 Å². The van der Waals surface area contributed by atoms with Gasteiger partial charge in [-0.15, -0.1) is 0 Å². The third kappa shape index (κ3) is 5.57. The number of nitriles is 2. The van der Waals surface area contributed by atoms with Gasteiger partial charge in [-0.3, -0.25) is 9.69 Å². The Hall–Kier alpha value is -3.35. The number of hydrogen-bond acceptors (Lipinski definition) is 5. The molecule has 1 fully saturated rings. The summed E-state index contributed by atoms with van der Waals surface area (Å²) >= 11 is 0. The highest BCUT2D eigenvalue weighted by Crippen LogP contribution is 2.16. The Morgan fingerprint density at radius 2 is 1.59 bits per heavy atom. The number of carbonyl (C=O) groups excluding carboxylic acids is 1. The Kier molecular flexibility index (Phi) is 6.84. The molecule has 1 saturated heterocycles. The van der Waals surface area contributed by atoms with Gasteiger partial charge in [-0.1, -0.05) is 12.1 Å². The zero-order valence-corrected chi connectivity index (χ0v) is 16.5. The second kappa shape index (κ2) is 9.73. The van der Waals surface area contributed by atoms with Crippen LogP contribution in [0.15, 0.2) is 48.5 Å². The lowest BCUT2D eigenvalue weighted by molar-refractivity contribution is -0.137. The average molecular weight is 388 g/mol. The number of hydrogen-bond donors (Lipinski definition) is 0. The second-order valence-electron chi connectivity index (χ2n) is 7.16. The van der Waals surface area contributed by atoms with Gasteiger partial charge in [-0.05, 0) is 55.3 Å². The Morgan fingerprint density at radius 3 is 2.21 bits per heavy atom. The molecule has 6 nitrogen and oxygen atoms in total. The predicted octanol–water partition coefficient (Wildman–Crippen LogP) is 2.93. The van der Waals surface area contributed by atoms with Crippen molar-refractivity contribution in [2.75, 3.05) is 26.2 Å². The molecule has 1 aliphatic rings. The van der Waals surface area contributed by atoms with Crippen molar-refractivity contribution in [1.82, 2.24) is 9.80 Å². The quantitative estimate of drug-likeness (QED) is 0.787. The maximum absolute atomic E-state index is 12.8. The summed E-state index contributed by atoms with van der Waals surface area (Å²) in [5.41, 5.74) is 2.39. The molecule has 2 aromatic carbocycles. The fourth-order valence-electron chi connectivity index (χ4n) is 3.41. The highest BCUT2D eigenvalue weighted by atomic mass is 16.5. The Balaban J connectivity index is 1.52. The first-order chi connectivity index (χ1) is 14.1. The van der Waals surface area contributed by atoms with Gasteiger partial charge in [0.05, 0.1) is 23.3 Å². The van der Waals surface area contributed by atoms with E-state index >= 15 is 0 Å². The third-order valence-electron chi connectivity index (χ3n) is 5.03. The lowest BCUT2D eigenvalue weighted by Gasteiger charge is -2.25. The highest BCUT2D eigenvalue weighted by Gasteiger charge is 2.24. The van der Waals surface area contributed by atoms with Gasteiger partial charge < -0.3 is 9.64 Å². The summed E-state index contributed by atoms with van der Waals surface area (Å²) in [6, 6.07) is 18.6. The van der Waals surface area contributed by atoms with Crippen molar-refractivity contribution in [3.8, 4) is 17.9 Å². The highest BCUT2D eigenvalue weighted by molar-refractivity contribution is 5.81. The predicted molar refractivity (Wildman–Crippen MR) is 109 cm³/mol. The van der Waals surface area contributed by atoms with Crippen LogP contribution in [0.3, 0.4) is 0 Å². The molecule has 148 valence electrons. The summed E-state index contributed by atoms with van der Waals surface area (Å²) in [5, 5.41) is 17.8. The molecule has 0 saturated carbocycles. The second-order valence-corrected chi connectivity index (χ2v) is 7.16. The molecule has 1 amide bonds. The number of carbonyl (C=O) groups is 1. The smallest absolute Gasteiger partial charge is 0.263 e. The van der Waals surface area contributed by atoms with Gasteiger partial charge in [0, 0.05) is 32.7 Å². The fraction of sp³-hybridized carbons (Fsp3) is 0.348. The molecule has 0 N–H and O–H groups in total. The van der Waals surface area contributed by atoms with Gasteiger partial charge in [0.15, 0.2) is 6.10 Å². The minimum Gasteiger partial charge on any atom is -0.481 e. The average Bonchev–Trinajstić information content (AvgIpc) is 3.00. The summed E-state index contributed by atoms with van der Waals surface area (Å²) in [6.07, 6.45) is 0.332. The van der Waals surface area contributed by atoms with Gasteiger partial charge >= 0.3 is 0 Å². The van der Waals surface area contributed by atoms with Crippen molar-refractivity contribution >= 4 is 5.91 Å². The molecule has 6 heteroatoms. The molecular weight excluding hydrogens is 364 g/mol. The van der Waals surface area contributed by atoms with Gasteiger partial charge in [0.1, 0.15) is 5.75 Å². The molecule has 1 unspecified atom stereocenters. The fourth-order valence-corrected chi connectivity index (χ4v) is 3.41. The third-order valence-corrected chi connectivity index (χ3v) is 5.03. The molecule has 0 radical (unpaired) electrons. The van der Waals surface area contributed by atoms with Gasteiger partial charge in [-0.2, -0.15) is 10.5 Å². The van der Waals surface area contributed by atoms with Crippen molar-refractivity contribution in [1.29, 1.82) is 10.5 Å². The molecule has 2 aromatic rings. The summed E-state index contributed by atoms with van der Waals surface area (Å²) in [4.78, 5) is 17.0. The van der Waals surface area contributed by atoms with Crippen molar-refractivity contribution in [2.45, 2.75) is 26.0 Å². The number of benzene rings is 2. The van der Waals surface area contributed by atoms with E-state index < -0.39 is 6.10 Å². The van der Waals surface area contributed by atoms with Crippen LogP contribution in [-0.2, 0) is 11.3 Å². The molecule has 0 aromatic heterocycles. The summed E-state index contributed by atoms with van der Waals surface area (Å²) in [7, 11) is 0. The van der Waals surface area contributed by atoms with E-state index in [1.54, 1.807) is 31.2 Å². The topological polar surface area (TPSA) is 80.4 Å². The van der Waals surface area contributed by atoms with E-state index in [1.165, 1.54) is 5.56 Å². The van der Waals surface area contributed by atoms with E-state index in [0.717, 1.165) is 26.1 Å². The van der Waals surface area contributed by atoms with E-state index in [2.05, 4.69) is 17.0 Å². The molecule has 1 atom stereocenters.